The number of benzene rings is 2. The number of methoxy groups -OCH3 is 1. The van der Waals surface area contributed by atoms with E-state index in [0.717, 1.165) is 15.8 Å². The van der Waals surface area contributed by atoms with Crippen LogP contribution in [0, 0.1) is 0 Å². The number of nitrogens with one attached hydrogen (secondary N) is 1. The summed E-state index contributed by atoms with van der Waals surface area (Å²) in [6.07, 6.45) is 1.53. The van der Waals surface area contributed by atoms with E-state index in [2.05, 4.69) is 26.5 Å². The lowest BCUT2D eigenvalue weighted by Gasteiger charge is -2.05. The highest BCUT2D eigenvalue weighted by molar-refractivity contribution is 9.10. The summed E-state index contributed by atoms with van der Waals surface area (Å²) in [6, 6.07) is 12.3. The Morgan fingerprint density at radius 1 is 1.35 bits per heavy atom. The first-order chi connectivity index (χ1) is 11.1. The molecule has 1 N–H and O–H groups in total. The minimum absolute atomic E-state index is 0.149. The molecule has 0 fully saturated rings. The summed E-state index contributed by atoms with van der Waals surface area (Å²) < 4.78 is 11.2. The summed E-state index contributed by atoms with van der Waals surface area (Å²) in [6.45, 7) is -0.149. The van der Waals surface area contributed by atoms with E-state index in [9.17, 15) is 4.79 Å². The number of halogens is 2. The standard InChI is InChI=1S/C16H14BrClN2O3/c1-22-15-6-5-11(7-14(15)17)9-19-20-16(21)10-23-13-4-2-3-12(18)8-13/h2-9H,10H2,1H3,(H,20,21)/b19-9+. The third-order valence-corrected chi connectivity index (χ3v) is 3.60. The zero-order valence-electron chi connectivity index (χ0n) is 12.3. The molecule has 23 heavy (non-hydrogen) atoms. The molecule has 0 saturated heterocycles. The lowest BCUT2D eigenvalue weighted by Crippen LogP contribution is -2.24. The molecule has 0 spiro atoms. The highest BCUT2D eigenvalue weighted by Gasteiger charge is 2.02. The first kappa shape index (κ1) is 17.3. The van der Waals surface area contributed by atoms with Crippen molar-refractivity contribution in [1.29, 1.82) is 0 Å². The van der Waals surface area contributed by atoms with Crippen LogP contribution in [0.3, 0.4) is 0 Å². The van der Waals surface area contributed by atoms with E-state index < -0.39 is 0 Å². The Balaban J connectivity index is 1.83. The van der Waals surface area contributed by atoms with Crippen molar-refractivity contribution in [3.05, 3.63) is 57.5 Å². The van der Waals surface area contributed by atoms with Gasteiger partial charge in [-0.25, -0.2) is 5.43 Å². The van der Waals surface area contributed by atoms with Crippen molar-refractivity contribution < 1.29 is 14.3 Å². The Labute approximate surface area is 147 Å². The molecule has 1 amide bonds. The smallest absolute Gasteiger partial charge is 0.277 e. The molecule has 0 radical (unpaired) electrons. The normalized spacial score (nSPS) is 10.6. The van der Waals surface area contributed by atoms with Crippen molar-refractivity contribution in [3.63, 3.8) is 0 Å². The summed E-state index contributed by atoms with van der Waals surface area (Å²) in [5.41, 5.74) is 3.20. The highest BCUT2D eigenvalue weighted by Crippen LogP contribution is 2.24. The Bertz CT molecular complexity index is 722. The van der Waals surface area contributed by atoms with Crippen LogP contribution in [0.1, 0.15) is 5.56 Å². The number of hydrazone groups is 1. The number of hydrogen-bond acceptors (Lipinski definition) is 4. The van der Waals surface area contributed by atoms with Crippen LogP contribution in [0.4, 0.5) is 0 Å². The maximum Gasteiger partial charge on any atom is 0.277 e. The molecule has 0 heterocycles. The Morgan fingerprint density at radius 2 is 2.17 bits per heavy atom. The van der Waals surface area contributed by atoms with Gasteiger partial charge in [0.2, 0.25) is 0 Å². The fourth-order valence-corrected chi connectivity index (χ4v) is 2.42. The number of nitrogens with zero attached hydrogens (tertiary/aromatic N) is 1. The van der Waals surface area contributed by atoms with Gasteiger partial charge in [0.25, 0.3) is 5.91 Å². The molecular weight excluding hydrogens is 384 g/mol. The topological polar surface area (TPSA) is 59.9 Å². The maximum atomic E-state index is 11.6. The highest BCUT2D eigenvalue weighted by atomic mass is 79.9. The van der Waals surface area contributed by atoms with Crippen LogP contribution in [0.5, 0.6) is 11.5 Å². The van der Waals surface area contributed by atoms with Crippen LogP contribution in [-0.2, 0) is 4.79 Å². The van der Waals surface area contributed by atoms with E-state index in [1.54, 1.807) is 37.4 Å². The molecular formula is C16H14BrClN2O3. The number of ether oxygens (including phenoxy) is 2. The van der Waals surface area contributed by atoms with Crippen LogP contribution >= 0.6 is 27.5 Å². The summed E-state index contributed by atoms with van der Waals surface area (Å²) in [5, 5.41) is 4.42. The molecule has 0 saturated carbocycles. The molecule has 2 rings (SSSR count). The van der Waals surface area contributed by atoms with Crippen LogP contribution < -0.4 is 14.9 Å². The average Bonchev–Trinajstić information content (AvgIpc) is 2.53. The Hall–Kier alpha value is -2.05. The van der Waals surface area contributed by atoms with E-state index in [4.69, 9.17) is 21.1 Å². The van der Waals surface area contributed by atoms with Crippen molar-refractivity contribution >= 4 is 39.7 Å². The van der Waals surface area contributed by atoms with Crippen LogP contribution in [0.15, 0.2) is 52.0 Å². The minimum Gasteiger partial charge on any atom is -0.496 e. The molecule has 0 bridgehead atoms. The van der Waals surface area contributed by atoms with Crippen molar-refractivity contribution in [2.24, 2.45) is 5.10 Å². The molecule has 2 aromatic rings. The molecule has 0 aliphatic carbocycles. The average molecular weight is 398 g/mol. The maximum absolute atomic E-state index is 11.6. The molecule has 5 nitrogen and oxygen atoms in total. The number of amides is 1. The van der Waals surface area contributed by atoms with Gasteiger partial charge in [-0.1, -0.05) is 17.7 Å². The Morgan fingerprint density at radius 3 is 2.87 bits per heavy atom. The van der Waals surface area contributed by atoms with Gasteiger partial charge in [-0.15, -0.1) is 0 Å². The summed E-state index contributed by atoms with van der Waals surface area (Å²) in [4.78, 5) is 11.6. The molecule has 120 valence electrons. The van der Waals surface area contributed by atoms with Gasteiger partial charge in [0.15, 0.2) is 6.61 Å². The van der Waals surface area contributed by atoms with Gasteiger partial charge >= 0.3 is 0 Å². The molecule has 0 aromatic heterocycles. The molecule has 0 unspecified atom stereocenters. The zero-order valence-corrected chi connectivity index (χ0v) is 14.6. The number of rotatable bonds is 6. The van der Waals surface area contributed by atoms with E-state index in [1.807, 2.05) is 12.1 Å². The third-order valence-electron chi connectivity index (χ3n) is 2.74. The first-order valence-corrected chi connectivity index (χ1v) is 7.79. The summed E-state index contributed by atoms with van der Waals surface area (Å²) in [7, 11) is 1.59. The predicted molar refractivity (Wildman–Crippen MR) is 93.4 cm³/mol. The van der Waals surface area contributed by atoms with Crippen molar-refractivity contribution in [3.8, 4) is 11.5 Å². The van der Waals surface area contributed by atoms with Crippen molar-refractivity contribution in [2.45, 2.75) is 0 Å². The largest absolute Gasteiger partial charge is 0.496 e. The second-order valence-corrected chi connectivity index (χ2v) is 5.72. The number of hydrogen-bond donors (Lipinski definition) is 1. The van der Waals surface area contributed by atoms with Crippen LogP contribution in [-0.4, -0.2) is 25.8 Å². The second kappa shape index (κ2) is 8.55. The zero-order chi connectivity index (χ0) is 16.7. The van der Waals surface area contributed by atoms with Gasteiger partial charge in [0.1, 0.15) is 11.5 Å². The molecule has 7 heteroatoms. The van der Waals surface area contributed by atoms with Gasteiger partial charge in [-0.3, -0.25) is 4.79 Å². The number of carbonyl (C=O) groups excluding carboxylic acids is 1. The summed E-state index contributed by atoms with van der Waals surface area (Å²) in [5.74, 6) is 0.880. The molecule has 2 aromatic carbocycles. The third kappa shape index (κ3) is 5.58. The fraction of sp³-hybridized carbons (Fsp3) is 0.125. The van der Waals surface area contributed by atoms with Crippen molar-refractivity contribution in [2.75, 3.05) is 13.7 Å². The van der Waals surface area contributed by atoms with Gasteiger partial charge in [0, 0.05) is 5.02 Å². The van der Waals surface area contributed by atoms with E-state index in [0.29, 0.717) is 10.8 Å². The van der Waals surface area contributed by atoms with E-state index in [-0.39, 0.29) is 12.5 Å². The quantitative estimate of drug-likeness (QED) is 0.598. The molecule has 0 aliphatic rings. The second-order valence-electron chi connectivity index (χ2n) is 4.43. The minimum atomic E-state index is -0.367. The molecule has 0 aliphatic heterocycles. The first-order valence-electron chi connectivity index (χ1n) is 6.62. The van der Waals surface area contributed by atoms with Crippen LogP contribution in [0.2, 0.25) is 5.02 Å². The predicted octanol–water partition coefficient (Wildman–Crippen LogP) is 3.64. The van der Waals surface area contributed by atoms with Gasteiger partial charge < -0.3 is 9.47 Å². The SMILES string of the molecule is COc1ccc(/C=N/NC(=O)COc2cccc(Cl)c2)cc1Br. The van der Waals surface area contributed by atoms with Crippen molar-refractivity contribution in [1.82, 2.24) is 5.43 Å². The van der Waals surface area contributed by atoms with Crippen LogP contribution in [0.25, 0.3) is 0 Å². The Kier molecular flexibility index (Phi) is 6.43. The lowest BCUT2D eigenvalue weighted by molar-refractivity contribution is -0.123. The van der Waals surface area contributed by atoms with E-state index >= 15 is 0 Å². The van der Waals surface area contributed by atoms with E-state index in [1.165, 1.54) is 6.21 Å². The molecule has 0 atom stereocenters. The monoisotopic (exact) mass is 396 g/mol. The van der Waals surface area contributed by atoms with Gasteiger partial charge in [0.05, 0.1) is 17.8 Å². The fourth-order valence-electron chi connectivity index (χ4n) is 1.68. The lowest BCUT2D eigenvalue weighted by atomic mass is 10.2. The van der Waals surface area contributed by atoms with Gasteiger partial charge in [-0.2, -0.15) is 5.10 Å². The number of carbonyl (C=O) groups is 1. The summed E-state index contributed by atoms with van der Waals surface area (Å²) >= 11 is 9.21. The van der Waals surface area contributed by atoms with Gasteiger partial charge in [-0.05, 0) is 57.9 Å².